The SMILES string of the molecule is COc1ccc(CN2CC(C(=O)N3CC4CCC(N)C4C3)CC2=O)cc1. The Kier molecular flexibility index (Phi) is 4.61. The summed E-state index contributed by atoms with van der Waals surface area (Å²) in [6.07, 6.45) is 2.53. The van der Waals surface area contributed by atoms with Gasteiger partial charge in [0.25, 0.3) is 0 Å². The summed E-state index contributed by atoms with van der Waals surface area (Å²) in [6.45, 7) is 2.65. The first kappa shape index (κ1) is 17.3. The van der Waals surface area contributed by atoms with Crippen molar-refractivity contribution in [2.45, 2.75) is 31.8 Å². The molecule has 3 fully saturated rings. The minimum absolute atomic E-state index is 0.0651. The molecule has 6 heteroatoms. The molecule has 2 aliphatic heterocycles. The first-order chi connectivity index (χ1) is 12.5. The number of nitrogens with zero attached hydrogens (tertiary/aromatic N) is 2. The van der Waals surface area contributed by atoms with E-state index in [4.69, 9.17) is 10.5 Å². The lowest BCUT2D eigenvalue weighted by molar-refractivity contribution is -0.135. The maximum Gasteiger partial charge on any atom is 0.228 e. The van der Waals surface area contributed by atoms with Crippen LogP contribution in [0.2, 0.25) is 0 Å². The molecule has 4 rings (SSSR count). The van der Waals surface area contributed by atoms with Gasteiger partial charge in [-0.25, -0.2) is 0 Å². The predicted octanol–water partition coefficient (Wildman–Crippen LogP) is 1.24. The highest BCUT2D eigenvalue weighted by atomic mass is 16.5. The Bertz CT molecular complexity index is 690. The first-order valence-corrected chi connectivity index (χ1v) is 9.50. The van der Waals surface area contributed by atoms with Gasteiger partial charge in [0.2, 0.25) is 11.8 Å². The number of hydrogen-bond donors (Lipinski definition) is 1. The molecule has 0 spiro atoms. The van der Waals surface area contributed by atoms with Crippen molar-refractivity contribution < 1.29 is 14.3 Å². The van der Waals surface area contributed by atoms with E-state index in [1.54, 1.807) is 12.0 Å². The summed E-state index contributed by atoms with van der Waals surface area (Å²) in [6, 6.07) is 7.94. The van der Waals surface area contributed by atoms with Gasteiger partial charge in [-0.15, -0.1) is 0 Å². The van der Waals surface area contributed by atoms with Crippen LogP contribution in [0.1, 0.15) is 24.8 Å². The zero-order valence-electron chi connectivity index (χ0n) is 15.3. The van der Waals surface area contributed by atoms with Crippen LogP contribution >= 0.6 is 0 Å². The Hall–Kier alpha value is -2.08. The molecule has 2 N–H and O–H groups in total. The molecule has 1 aromatic carbocycles. The molecule has 1 aromatic rings. The number of fused-ring (bicyclic) bond motifs is 1. The van der Waals surface area contributed by atoms with Crippen LogP contribution in [0.15, 0.2) is 24.3 Å². The highest BCUT2D eigenvalue weighted by Gasteiger charge is 2.45. The van der Waals surface area contributed by atoms with E-state index in [2.05, 4.69) is 0 Å². The molecule has 0 aromatic heterocycles. The minimum atomic E-state index is -0.212. The molecule has 2 amide bonds. The number of carbonyl (C=O) groups excluding carboxylic acids is 2. The summed E-state index contributed by atoms with van der Waals surface area (Å²) in [4.78, 5) is 29.1. The number of likely N-dealkylation sites (tertiary alicyclic amines) is 2. The summed E-state index contributed by atoms with van der Waals surface area (Å²) in [5.41, 5.74) is 7.23. The molecule has 0 bridgehead atoms. The molecule has 4 atom stereocenters. The number of benzene rings is 1. The third kappa shape index (κ3) is 3.18. The number of methoxy groups -OCH3 is 1. The van der Waals surface area contributed by atoms with Gasteiger partial charge in [-0.2, -0.15) is 0 Å². The number of nitrogens with two attached hydrogens (primary N) is 1. The average Bonchev–Trinajstić information content (AvgIpc) is 3.32. The van der Waals surface area contributed by atoms with Gasteiger partial charge in [0, 0.05) is 38.6 Å². The van der Waals surface area contributed by atoms with E-state index in [0.29, 0.717) is 31.3 Å². The Labute approximate surface area is 154 Å². The fourth-order valence-corrected chi connectivity index (χ4v) is 4.79. The summed E-state index contributed by atoms with van der Waals surface area (Å²) < 4.78 is 5.16. The van der Waals surface area contributed by atoms with Gasteiger partial charge in [0.15, 0.2) is 0 Å². The van der Waals surface area contributed by atoms with Gasteiger partial charge >= 0.3 is 0 Å². The van der Waals surface area contributed by atoms with Crippen molar-refractivity contribution in [3.63, 3.8) is 0 Å². The zero-order chi connectivity index (χ0) is 18.3. The van der Waals surface area contributed by atoms with Crippen molar-refractivity contribution in [1.82, 2.24) is 9.80 Å². The van der Waals surface area contributed by atoms with Crippen LogP contribution in [0.4, 0.5) is 0 Å². The molecule has 1 saturated carbocycles. The molecule has 2 saturated heterocycles. The smallest absolute Gasteiger partial charge is 0.228 e. The van der Waals surface area contributed by atoms with E-state index in [0.717, 1.165) is 37.2 Å². The molecule has 2 heterocycles. The largest absolute Gasteiger partial charge is 0.497 e. The zero-order valence-corrected chi connectivity index (χ0v) is 15.3. The number of amides is 2. The van der Waals surface area contributed by atoms with E-state index in [1.165, 1.54) is 0 Å². The van der Waals surface area contributed by atoms with Crippen molar-refractivity contribution >= 4 is 11.8 Å². The third-order valence-electron chi connectivity index (χ3n) is 6.32. The lowest BCUT2D eigenvalue weighted by atomic mass is 9.98. The van der Waals surface area contributed by atoms with Crippen LogP contribution in [0, 0.1) is 17.8 Å². The summed E-state index contributed by atoms with van der Waals surface area (Å²) >= 11 is 0. The maximum absolute atomic E-state index is 12.9. The van der Waals surface area contributed by atoms with Crippen LogP contribution in [0.25, 0.3) is 0 Å². The van der Waals surface area contributed by atoms with Gasteiger partial charge in [0.1, 0.15) is 5.75 Å². The number of rotatable bonds is 4. The fraction of sp³-hybridized carbons (Fsp3) is 0.600. The van der Waals surface area contributed by atoms with E-state index < -0.39 is 0 Å². The van der Waals surface area contributed by atoms with Crippen molar-refractivity contribution in [3.8, 4) is 5.75 Å². The Balaban J connectivity index is 1.36. The summed E-state index contributed by atoms with van der Waals surface area (Å²) in [7, 11) is 1.63. The lowest BCUT2D eigenvalue weighted by Crippen LogP contribution is -2.38. The van der Waals surface area contributed by atoms with Crippen LogP contribution in [-0.2, 0) is 16.1 Å². The topological polar surface area (TPSA) is 75.9 Å². The first-order valence-electron chi connectivity index (χ1n) is 9.50. The molecular formula is C20H27N3O3. The molecule has 26 heavy (non-hydrogen) atoms. The van der Waals surface area contributed by atoms with Crippen LogP contribution in [0.5, 0.6) is 5.75 Å². The van der Waals surface area contributed by atoms with Gasteiger partial charge in [0.05, 0.1) is 13.0 Å². The number of hydrogen-bond acceptors (Lipinski definition) is 4. The highest BCUT2D eigenvalue weighted by Crippen LogP contribution is 2.38. The van der Waals surface area contributed by atoms with Crippen LogP contribution in [0.3, 0.4) is 0 Å². The second kappa shape index (κ2) is 6.91. The van der Waals surface area contributed by atoms with Crippen LogP contribution in [-0.4, -0.2) is 54.4 Å². The summed E-state index contributed by atoms with van der Waals surface area (Å²) in [5, 5.41) is 0. The third-order valence-corrected chi connectivity index (χ3v) is 6.32. The Morgan fingerprint density at radius 3 is 2.65 bits per heavy atom. The number of ether oxygens (including phenoxy) is 1. The fourth-order valence-electron chi connectivity index (χ4n) is 4.79. The maximum atomic E-state index is 12.9. The molecule has 140 valence electrons. The normalized spacial score (nSPS) is 30.8. The van der Waals surface area contributed by atoms with Gasteiger partial charge in [-0.1, -0.05) is 12.1 Å². The molecule has 0 radical (unpaired) electrons. The molecular weight excluding hydrogens is 330 g/mol. The highest BCUT2D eigenvalue weighted by molar-refractivity contribution is 5.89. The van der Waals surface area contributed by atoms with Gasteiger partial charge in [-0.3, -0.25) is 9.59 Å². The van der Waals surface area contributed by atoms with Crippen molar-refractivity contribution in [2.24, 2.45) is 23.5 Å². The van der Waals surface area contributed by atoms with Gasteiger partial charge in [-0.05, 0) is 42.4 Å². The number of carbonyl (C=O) groups is 2. The Morgan fingerprint density at radius 2 is 1.96 bits per heavy atom. The van der Waals surface area contributed by atoms with E-state index in [9.17, 15) is 9.59 Å². The molecule has 6 nitrogen and oxygen atoms in total. The monoisotopic (exact) mass is 357 g/mol. The molecule has 1 aliphatic carbocycles. The minimum Gasteiger partial charge on any atom is -0.497 e. The molecule has 3 aliphatic rings. The predicted molar refractivity (Wildman–Crippen MR) is 97.3 cm³/mol. The second-order valence-electron chi connectivity index (χ2n) is 7.93. The van der Waals surface area contributed by atoms with Crippen molar-refractivity contribution in [2.75, 3.05) is 26.7 Å². The molecule has 4 unspecified atom stereocenters. The Morgan fingerprint density at radius 1 is 1.19 bits per heavy atom. The average molecular weight is 357 g/mol. The van der Waals surface area contributed by atoms with Crippen molar-refractivity contribution in [3.05, 3.63) is 29.8 Å². The van der Waals surface area contributed by atoms with E-state index in [1.807, 2.05) is 29.2 Å². The van der Waals surface area contributed by atoms with E-state index in [-0.39, 0.29) is 23.8 Å². The van der Waals surface area contributed by atoms with E-state index >= 15 is 0 Å². The standard InChI is InChI=1S/C20H27N3O3/c1-26-16-5-2-13(3-6-16)9-22-11-15(8-19(22)24)20(25)23-10-14-4-7-18(21)17(14)12-23/h2-3,5-6,14-15,17-18H,4,7-12,21H2,1H3. The quantitative estimate of drug-likeness (QED) is 0.880. The summed E-state index contributed by atoms with van der Waals surface area (Å²) in [5.74, 6) is 1.79. The van der Waals surface area contributed by atoms with Crippen molar-refractivity contribution in [1.29, 1.82) is 0 Å². The van der Waals surface area contributed by atoms with Crippen LogP contribution < -0.4 is 10.5 Å². The second-order valence-corrected chi connectivity index (χ2v) is 7.93. The van der Waals surface area contributed by atoms with Gasteiger partial charge < -0.3 is 20.3 Å². The lowest BCUT2D eigenvalue weighted by Gasteiger charge is -2.22.